The number of piperazine rings is 1. The molecule has 3 unspecified atom stereocenters. The van der Waals surface area contributed by atoms with Crippen molar-refractivity contribution in [2.24, 2.45) is 5.10 Å². The highest BCUT2D eigenvalue weighted by Crippen LogP contribution is 2.35. The molecule has 1 aromatic carbocycles. The van der Waals surface area contributed by atoms with Gasteiger partial charge in [0.2, 0.25) is 5.91 Å². The van der Waals surface area contributed by atoms with Crippen molar-refractivity contribution in [1.82, 2.24) is 15.2 Å². The van der Waals surface area contributed by atoms with E-state index in [0.29, 0.717) is 10.7 Å². The highest BCUT2D eigenvalue weighted by atomic mass is 35.5. The zero-order valence-corrected chi connectivity index (χ0v) is 17.0. The van der Waals surface area contributed by atoms with E-state index in [1.807, 2.05) is 19.1 Å². The van der Waals surface area contributed by atoms with Gasteiger partial charge in [0, 0.05) is 6.42 Å². The standard InChI is InChI=1S/C20H26ClN5O2/c1-3-17-23-24-19-20(28)25(15-6-4-5-7-16(15)26(17)19)11-18(27)22-14-9-8-12(2)10-13(14)21/h8-10,15-16,19,24H,3-7,11H2,1-2H3,(H,22,27). The largest absolute Gasteiger partial charge is 0.325 e. The van der Waals surface area contributed by atoms with Crippen LogP contribution < -0.4 is 10.7 Å². The van der Waals surface area contributed by atoms with Crippen LogP contribution in [0, 0.1) is 6.92 Å². The van der Waals surface area contributed by atoms with Crippen LogP contribution in [0.3, 0.4) is 0 Å². The molecule has 0 aromatic heterocycles. The van der Waals surface area contributed by atoms with Crippen molar-refractivity contribution in [1.29, 1.82) is 0 Å². The number of nitrogens with zero attached hydrogens (tertiary/aromatic N) is 3. The summed E-state index contributed by atoms with van der Waals surface area (Å²) in [7, 11) is 0. The maximum atomic E-state index is 13.2. The van der Waals surface area contributed by atoms with Crippen molar-refractivity contribution in [3.05, 3.63) is 28.8 Å². The number of amidine groups is 1. The van der Waals surface area contributed by atoms with Gasteiger partial charge in [0.1, 0.15) is 12.4 Å². The molecule has 1 aliphatic carbocycles. The minimum atomic E-state index is -0.495. The van der Waals surface area contributed by atoms with Crippen LogP contribution in [0.25, 0.3) is 0 Å². The third-order valence-corrected chi connectivity index (χ3v) is 6.20. The Kier molecular flexibility index (Phi) is 5.19. The smallest absolute Gasteiger partial charge is 0.268 e. The van der Waals surface area contributed by atoms with E-state index in [0.717, 1.165) is 43.5 Å². The Hall–Kier alpha value is -2.28. The molecule has 2 heterocycles. The quantitative estimate of drug-likeness (QED) is 0.810. The van der Waals surface area contributed by atoms with Crippen LogP contribution in [0.4, 0.5) is 5.69 Å². The van der Waals surface area contributed by atoms with Crippen molar-refractivity contribution >= 4 is 34.9 Å². The van der Waals surface area contributed by atoms with Crippen LogP contribution in [0.1, 0.15) is 44.6 Å². The van der Waals surface area contributed by atoms with E-state index in [-0.39, 0.29) is 30.4 Å². The average molecular weight is 404 g/mol. The van der Waals surface area contributed by atoms with Gasteiger partial charge in [-0.25, -0.2) is 0 Å². The average Bonchev–Trinajstić information content (AvgIpc) is 3.12. The maximum absolute atomic E-state index is 13.2. The van der Waals surface area contributed by atoms with Crippen LogP contribution >= 0.6 is 11.6 Å². The van der Waals surface area contributed by atoms with E-state index < -0.39 is 6.17 Å². The first-order valence-corrected chi connectivity index (χ1v) is 10.3. The molecule has 3 aliphatic rings. The van der Waals surface area contributed by atoms with Gasteiger partial charge in [-0.3, -0.25) is 15.0 Å². The number of carbonyl (C=O) groups is 2. The number of fused-ring (bicyclic) bond motifs is 3. The Morgan fingerprint density at radius 2 is 2.07 bits per heavy atom. The number of hydrogen-bond donors (Lipinski definition) is 2. The molecule has 28 heavy (non-hydrogen) atoms. The van der Waals surface area contributed by atoms with E-state index in [1.165, 1.54) is 0 Å². The lowest BCUT2D eigenvalue weighted by atomic mass is 9.85. The molecular formula is C20H26ClN5O2. The number of rotatable bonds is 4. The van der Waals surface area contributed by atoms with Gasteiger partial charge in [-0.05, 0) is 37.5 Å². The molecule has 2 fully saturated rings. The topological polar surface area (TPSA) is 77.0 Å². The minimum Gasteiger partial charge on any atom is -0.325 e. The molecular weight excluding hydrogens is 378 g/mol. The number of anilines is 1. The molecule has 7 nitrogen and oxygen atoms in total. The van der Waals surface area contributed by atoms with Gasteiger partial charge in [-0.2, -0.15) is 5.10 Å². The summed E-state index contributed by atoms with van der Waals surface area (Å²) in [4.78, 5) is 29.8. The van der Waals surface area contributed by atoms with Crippen LogP contribution in [-0.2, 0) is 9.59 Å². The third kappa shape index (κ3) is 3.32. The Balaban J connectivity index is 1.52. The second kappa shape index (κ2) is 7.62. The fraction of sp³-hybridized carbons (Fsp3) is 0.550. The molecule has 4 rings (SSSR count). The molecule has 150 valence electrons. The molecule has 0 spiro atoms. The number of hydrogen-bond acceptors (Lipinski definition) is 5. The van der Waals surface area contributed by atoms with Crippen LogP contribution in [-0.4, -0.2) is 52.2 Å². The first kappa shape index (κ1) is 19.1. The molecule has 2 aliphatic heterocycles. The van der Waals surface area contributed by atoms with Gasteiger partial charge >= 0.3 is 0 Å². The van der Waals surface area contributed by atoms with Gasteiger partial charge in [0.15, 0.2) is 6.17 Å². The Morgan fingerprint density at radius 3 is 2.79 bits per heavy atom. The number of carbonyl (C=O) groups excluding carboxylic acids is 2. The first-order valence-electron chi connectivity index (χ1n) is 9.96. The third-order valence-electron chi connectivity index (χ3n) is 5.89. The number of aryl methyl sites for hydroxylation is 1. The lowest BCUT2D eigenvalue weighted by Gasteiger charge is -2.51. The molecule has 0 radical (unpaired) electrons. The fourth-order valence-electron chi connectivity index (χ4n) is 4.58. The fourth-order valence-corrected chi connectivity index (χ4v) is 4.87. The first-order chi connectivity index (χ1) is 13.5. The molecule has 8 heteroatoms. The summed E-state index contributed by atoms with van der Waals surface area (Å²) >= 11 is 6.23. The normalized spacial score (nSPS) is 26.3. The SMILES string of the molecule is CCC1=NNC2C(=O)N(CC(=O)Nc3ccc(C)cc3Cl)C3CCCCC3N12. The summed E-state index contributed by atoms with van der Waals surface area (Å²) in [5.74, 6) is 0.623. The highest BCUT2D eigenvalue weighted by Gasteiger charge is 2.50. The molecule has 2 N–H and O–H groups in total. The maximum Gasteiger partial charge on any atom is 0.268 e. The summed E-state index contributed by atoms with van der Waals surface area (Å²) in [5, 5.41) is 7.72. The van der Waals surface area contributed by atoms with E-state index in [4.69, 9.17) is 11.6 Å². The molecule has 0 bridgehead atoms. The van der Waals surface area contributed by atoms with Crippen molar-refractivity contribution in [3.8, 4) is 0 Å². The van der Waals surface area contributed by atoms with Crippen molar-refractivity contribution < 1.29 is 9.59 Å². The van der Waals surface area contributed by atoms with Gasteiger partial charge < -0.3 is 15.1 Å². The Bertz CT molecular complexity index is 827. The van der Waals surface area contributed by atoms with Crippen molar-refractivity contribution in [2.45, 2.75) is 64.2 Å². The van der Waals surface area contributed by atoms with Gasteiger partial charge in [0.05, 0.1) is 22.8 Å². The zero-order chi connectivity index (χ0) is 19.8. The summed E-state index contributed by atoms with van der Waals surface area (Å²) < 4.78 is 0. The van der Waals surface area contributed by atoms with Crippen molar-refractivity contribution in [2.75, 3.05) is 11.9 Å². The molecule has 3 atom stereocenters. The summed E-state index contributed by atoms with van der Waals surface area (Å²) in [6.45, 7) is 4.02. The number of amides is 2. The number of benzene rings is 1. The van der Waals surface area contributed by atoms with Gasteiger partial charge in [-0.15, -0.1) is 0 Å². The van der Waals surface area contributed by atoms with Gasteiger partial charge in [0.25, 0.3) is 5.91 Å². The van der Waals surface area contributed by atoms with E-state index in [1.54, 1.807) is 11.0 Å². The van der Waals surface area contributed by atoms with Crippen molar-refractivity contribution in [3.63, 3.8) is 0 Å². The predicted octanol–water partition coefficient (Wildman–Crippen LogP) is 2.70. The molecule has 1 aromatic rings. The second-order valence-electron chi connectivity index (χ2n) is 7.74. The monoisotopic (exact) mass is 403 g/mol. The van der Waals surface area contributed by atoms with Crippen LogP contribution in [0.2, 0.25) is 5.02 Å². The molecule has 1 saturated heterocycles. The summed E-state index contributed by atoms with van der Waals surface area (Å²) in [6.07, 6.45) is 4.42. The highest BCUT2D eigenvalue weighted by molar-refractivity contribution is 6.33. The minimum absolute atomic E-state index is 0.0255. The lowest BCUT2D eigenvalue weighted by molar-refractivity contribution is -0.151. The summed E-state index contributed by atoms with van der Waals surface area (Å²) in [5.41, 5.74) is 4.58. The lowest BCUT2D eigenvalue weighted by Crippen LogP contribution is -2.69. The molecule has 2 amide bonds. The van der Waals surface area contributed by atoms with E-state index in [2.05, 4.69) is 27.7 Å². The zero-order valence-electron chi connectivity index (χ0n) is 16.2. The molecule has 1 saturated carbocycles. The van der Waals surface area contributed by atoms with Crippen LogP contribution in [0.15, 0.2) is 23.3 Å². The van der Waals surface area contributed by atoms with Gasteiger partial charge in [-0.1, -0.05) is 37.4 Å². The van der Waals surface area contributed by atoms with E-state index in [9.17, 15) is 9.59 Å². The number of nitrogens with one attached hydrogen (secondary N) is 2. The number of halogens is 1. The van der Waals surface area contributed by atoms with E-state index >= 15 is 0 Å². The summed E-state index contributed by atoms with van der Waals surface area (Å²) in [6, 6.07) is 5.74. The Morgan fingerprint density at radius 1 is 1.32 bits per heavy atom. The Labute approximate surface area is 170 Å². The predicted molar refractivity (Wildman–Crippen MR) is 109 cm³/mol. The second-order valence-corrected chi connectivity index (χ2v) is 8.14. The number of hydrazone groups is 1. The van der Waals surface area contributed by atoms with Crippen LogP contribution in [0.5, 0.6) is 0 Å².